The third-order valence-corrected chi connectivity index (χ3v) is 5.97. The lowest BCUT2D eigenvalue weighted by Crippen LogP contribution is -2.55. The minimum absolute atomic E-state index is 0.0162. The highest BCUT2D eigenvalue weighted by molar-refractivity contribution is 7.87. The van der Waals surface area contributed by atoms with Crippen molar-refractivity contribution in [3.63, 3.8) is 0 Å². The van der Waals surface area contributed by atoms with Gasteiger partial charge in [-0.25, -0.2) is 0 Å². The van der Waals surface area contributed by atoms with Gasteiger partial charge in [-0.1, -0.05) is 13.8 Å². The van der Waals surface area contributed by atoms with E-state index >= 15 is 0 Å². The average Bonchev–Trinajstić information content (AvgIpc) is 2.70. The van der Waals surface area contributed by atoms with Gasteiger partial charge in [-0.05, 0) is 25.2 Å². The first-order valence-corrected chi connectivity index (χ1v) is 8.67. The summed E-state index contributed by atoms with van der Waals surface area (Å²) in [6, 6.07) is -0.743. The van der Waals surface area contributed by atoms with E-state index in [0.29, 0.717) is 24.9 Å². The molecule has 2 rings (SSSR count). The van der Waals surface area contributed by atoms with Crippen molar-refractivity contribution < 1.29 is 23.1 Å². The Hall–Kier alpha value is -0.700. The van der Waals surface area contributed by atoms with E-state index in [4.69, 9.17) is 4.74 Å². The lowest BCUT2D eigenvalue weighted by molar-refractivity contribution is -0.148. The largest absolute Gasteiger partial charge is 0.481 e. The number of hydrogen-bond acceptors (Lipinski definition) is 4. The van der Waals surface area contributed by atoms with Gasteiger partial charge < -0.3 is 9.84 Å². The molecule has 0 aromatic carbocycles. The molecule has 7 nitrogen and oxygen atoms in total. The number of carboxylic acids is 1. The molecule has 0 radical (unpaired) electrons. The summed E-state index contributed by atoms with van der Waals surface area (Å²) < 4.78 is 34.2. The number of ether oxygens (including phenoxy) is 1. The lowest BCUT2D eigenvalue weighted by atomic mass is 9.86. The molecule has 2 saturated heterocycles. The summed E-state index contributed by atoms with van der Waals surface area (Å²) in [6.07, 6.45) is 1.01. The zero-order valence-electron chi connectivity index (χ0n) is 12.7. The number of carboxylic acid groups (broad SMARTS) is 1. The van der Waals surface area contributed by atoms with Crippen molar-refractivity contribution in [2.24, 2.45) is 17.3 Å². The van der Waals surface area contributed by atoms with Crippen molar-refractivity contribution in [2.45, 2.75) is 33.2 Å². The summed E-state index contributed by atoms with van der Waals surface area (Å²) in [5, 5.41) is 9.31. The van der Waals surface area contributed by atoms with Crippen LogP contribution in [0.2, 0.25) is 0 Å². The number of rotatable bonds is 4. The fourth-order valence-electron chi connectivity index (χ4n) is 3.10. The van der Waals surface area contributed by atoms with Gasteiger partial charge in [0.1, 0.15) is 5.41 Å². The van der Waals surface area contributed by atoms with Gasteiger partial charge in [0.05, 0.1) is 19.3 Å². The first kappa shape index (κ1) is 16.7. The van der Waals surface area contributed by atoms with Crippen LogP contribution in [0, 0.1) is 17.3 Å². The van der Waals surface area contributed by atoms with Crippen molar-refractivity contribution in [1.29, 1.82) is 0 Å². The smallest absolute Gasteiger partial charge is 0.313 e. The topological polar surface area (TPSA) is 95.9 Å². The molecule has 21 heavy (non-hydrogen) atoms. The summed E-state index contributed by atoms with van der Waals surface area (Å²) in [5.41, 5.74) is -1.22. The van der Waals surface area contributed by atoms with Crippen molar-refractivity contribution in [3.8, 4) is 0 Å². The van der Waals surface area contributed by atoms with E-state index in [9.17, 15) is 18.3 Å². The molecule has 2 aliphatic rings. The first-order valence-electron chi connectivity index (χ1n) is 7.23. The van der Waals surface area contributed by atoms with Crippen LogP contribution < -0.4 is 4.72 Å². The molecule has 0 aliphatic carbocycles. The van der Waals surface area contributed by atoms with Crippen LogP contribution in [-0.2, 0) is 19.7 Å². The van der Waals surface area contributed by atoms with Crippen LogP contribution in [-0.4, -0.2) is 56.1 Å². The number of nitrogens with zero attached hydrogens (tertiary/aromatic N) is 1. The third-order valence-electron chi connectivity index (χ3n) is 4.41. The maximum atomic E-state index is 12.5. The molecule has 2 heterocycles. The molecule has 122 valence electrons. The van der Waals surface area contributed by atoms with Gasteiger partial charge in [-0.2, -0.15) is 17.4 Å². The molecule has 4 unspecified atom stereocenters. The molecular formula is C13H24N2O5S. The van der Waals surface area contributed by atoms with E-state index in [-0.39, 0.29) is 13.2 Å². The molecule has 2 aliphatic heterocycles. The van der Waals surface area contributed by atoms with Crippen molar-refractivity contribution in [2.75, 3.05) is 26.3 Å². The predicted molar refractivity (Wildman–Crippen MR) is 76.9 cm³/mol. The zero-order chi connectivity index (χ0) is 15.8. The summed E-state index contributed by atoms with van der Waals surface area (Å²) in [5.74, 6) is -0.444. The highest BCUT2D eigenvalue weighted by Gasteiger charge is 2.49. The number of nitrogens with one attached hydrogen (secondary N) is 1. The second kappa shape index (κ2) is 5.83. The van der Waals surface area contributed by atoms with Gasteiger partial charge in [-0.15, -0.1) is 0 Å². The number of carbonyl (C=O) groups is 1. The van der Waals surface area contributed by atoms with Crippen LogP contribution in [0.25, 0.3) is 0 Å². The van der Waals surface area contributed by atoms with Gasteiger partial charge in [-0.3, -0.25) is 4.79 Å². The van der Waals surface area contributed by atoms with Crippen LogP contribution in [0.1, 0.15) is 27.2 Å². The Morgan fingerprint density at radius 2 is 1.90 bits per heavy atom. The Labute approximate surface area is 125 Å². The molecule has 2 fully saturated rings. The normalized spacial score (nSPS) is 38.5. The first-order chi connectivity index (χ1) is 9.65. The fraction of sp³-hybridized carbons (Fsp3) is 0.923. The van der Waals surface area contributed by atoms with E-state index in [0.717, 1.165) is 6.42 Å². The van der Waals surface area contributed by atoms with Gasteiger partial charge >= 0.3 is 5.97 Å². The fourth-order valence-corrected chi connectivity index (χ4v) is 4.84. The standard InChI is InChI=1S/C13H24N2O5S/c1-9-4-10(2)6-15(5-9)21(18,19)14-11-7-20-8-13(11,3)12(16)17/h9-11,14H,4-8H2,1-3H3,(H,16,17). The van der Waals surface area contributed by atoms with E-state index in [1.165, 1.54) is 11.2 Å². The Balaban J connectivity index is 2.12. The van der Waals surface area contributed by atoms with E-state index in [1.807, 2.05) is 13.8 Å². The van der Waals surface area contributed by atoms with Crippen LogP contribution in [0.3, 0.4) is 0 Å². The molecule has 2 N–H and O–H groups in total. The molecule has 0 spiro atoms. The summed E-state index contributed by atoms with van der Waals surface area (Å²) in [7, 11) is -3.70. The second-order valence-electron chi connectivity index (χ2n) is 6.68. The SMILES string of the molecule is CC1CC(C)CN(S(=O)(=O)NC2COCC2(C)C(=O)O)C1. The second-order valence-corrected chi connectivity index (χ2v) is 8.38. The molecule has 0 amide bonds. The summed E-state index contributed by atoms with van der Waals surface area (Å²) >= 11 is 0. The van der Waals surface area contributed by atoms with Gasteiger partial charge in [0.25, 0.3) is 10.2 Å². The van der Waals surface area contributed by atoms with Crippen LogP contribution in [0.4, 0.5) is 0 Å². The Morgan fingerprint density at radius 3 is 2.43 bits per heavy atom. The average molecular weight is 320 g/mol. The molecule has 0 aromatic heterocycles. The van der Waals surface area contributed by atoms with Gasteiger partial charge in [0.2, 0.25) is 0 Å². The van der Waals surface area contributed by atoms with Crippen molar-refractivity contribution in [1.82, 2.24) is 9.03 Å². The molecule has 0 aromatic rings. The summed E-state index contributed by atoms with van der Waals surface area (Å²) in [4.78, 5) is 11.4. The van der Waals surface area contributed by atoms with E-state index in [2.05, 4.69) is 4.72 Å². The summed E-state index contributed by atoms with van der Waals surface area (Å²) in [6.45, 7) is 6.60. The minimum atomic E-state index is -3.70. The number of piperidine rings is 1. The van der Waals surface area contributed by atoms with Gasteiger partial charge in [0.15, 0.2) is 0 Å². The van der Waals surface area contributed by atoms with E-state index in [1.54, 1.807) is 0 Å². The number of aliphatic carboxylic acids is 1. The molecule has 4 atom stereocenters. The maximum absolute atomic E-state index is 12.5. The maximum Gasteiger partial charge on any atom is 0.313 e. The van der Waals surface area contributed by atoms with Crippen molar-refractivity contribution >= 4 is 16.2 Å². The lowest BCUT2D eigenvalue weighted by Gasteiger charge is -2.35. The Bertz CT molecular complexity index is 499. The zero-order valence-corrected chi connectivity index (χ0v) is 13.5. The van der Waals surface area contributed by atoms with Crippen molar-refractivity contribution in [3.05, 3.63) is 0 Å². The highest BCUT2D eigenvalue weighted by atomic mass is 32.2. The van der Waals surface area contributed by atoms with Crippen LogP contribution >= 0.6 is 0 Å². The Morgan fingerprint density at radius 1 is 1.33 bits per heavy atom. The van der Waals surface area contributed by atoms with E-state index < -0.39 is 27.6 Å². The third kappa shape index (κ3) is 3.39. The molecule has 0 saturated carbocycles. The van der Waals surface area contributed by atoms with Crippen LogP contribution in [0.15, 0.2) is 0 Å². The number of hydrogen-bond donors (Lipinski definition) is 2. The monoisotopic (exact) mass is 320 g/mol. The molecular weight excluding hydrogens is 296 g/mol. The Kier molecular flexibility index (Phi) is 4.63. The highest BCUT2D eigenvalue weighted by Crippen LogP contribution is 2.30. The molecule has 8 heteroatoms. The minimum Gasteiger partial charge on any atom is -0.481 e. The predicted octanol–water partition coefficient (Wildman–Crippen LogP) is 0.288. The van der Waals surface area contributed by atoms with Crippen LogP contribution in [0.5, 0.6) is 0 Å². The quantitative estimate of drug-likeness (QED) is 0.776. The van der Waals surface area contributed by atoms with Gasteiger partial charge in [0, 0.05) is 13.1 Å². The molecule has 0 bridgehead atoms.